The number of nitro benzene ring substituents is 1. The molecule has 35 heavy (non-hydrogen) atoms. The molecule has 2 aromatic rings. The number of carbonyl (C=O) groups is 2. The van der Waals surface area contributed by atoms with Crippen LogP contribution in [0.4, 0.5) is 5.69 Å². The number of amides is 1. The number of benzene rings is 2. The molecule has 0 aromatic heterocycles. The summed E-state index contributed by atoms with van der Waals surface area (Å²) in [5.41, 5.74) is 2.43. The van der Waals surface area contributed by atoms with Gasteiger partial charge in [-0.05, 0) is 23.3 Å². The molecule has 182 valence electrons. The molecule has 0 radical (unpaired) electrons. The summed E-state index contributed by atoms with van der Waals surface area (Å²) in [6.07, 6.45) is 0.627. The van der Waals surface area contributed by atoms with Crippen molar-refractivity contribution in [3.8, 4) is 0 Å². The number of nitro groups is 1. The largest absolute Gasteiger partial charge is 0.456 e. The van der Waals surface area contributed by atoms with Crippen molar-refractivity contribution >= 4 is 50.3 Å². The van der Waals surface area contributed by atoms with Gasteiger partial charge in [0.2, 0.25) is 0 Å². The van der Waals surface area contributed by atoms with Crippen LogP contribution in [-0.2, 0) is 27.4 Å². The van der Waals surface area contributed by atoms with E-state index in [-0.39, 0.29) is 29.3 Å². The Kier molecular flexibility index (Phi) is 7.56. The first kappa shape index (κ1) is 24.9. The van der Waals surface area contributed by atoms with Crippen LogP contribution in [0.3, 0.4) is 0 Å². The second kappa shape index (κ2) is 10.6. The number of ether oxygens (including phenoxy) is 1. The van der Waals surface area contributed by atoms with Gasteiger partial charge in [-0.3, -0.25) is 24.8 Å². The molecule has 9 nitrogen and oxygen atoms in total. The second-order valence-electron chi connectivity index (χ2n) is 8.17. The molecule has 11 heteroatoms. The number of non-ortho nitro benzene ring substituents is 1. The molecule has 2 aliphatic rings. The van der Waals surface area contributed by atoms with Crippen molar-refractivity contribution in [1.82, 2.24) is 9.80 Å². The predicted octanol–water partition coefficient (Wildman–Crippen LogP) is 3.73. The van der Waals surface area contributed by atoms with Crippen molar-refractivity contribution in [2.45, 2.75) is 24.4 Å². The Bertz CT molecular complexity index is 1200. The molecule has 4 rings (SSSR count). The monoisotopic (exact) mass is 558 g/mol. The molecule has 2 heterocycles. The smallest absolute Gasteiger partial charge is 0.357 e. The summed E-state index contributed by atoms with van der Waals surface area (Å²) in [5.74, 6) is -0.886. The predicted molar refractivity (Wildman–Crippen MR) is 137 cm³/mol. The van der Waals surface area contributed by atoms with Gasteiger partial charge < -0.3 is 9.64 Å². The van der Waals surface area contributed by atoms with E-state index in [1.807, 2.05) is 30.3 Å². The van der Waals surface area contributed by atoms with Crippen molar-refractivity contribution < 1.29 is 19.2 Å². The molecule has 1 saturated heterocycles. The van der Waals surface area contributed by atoms with Crippen LogP contribution in [0, 0.1) is 10.1 Å². The highest BCUT2D eigenvalue weighted by molar-refractivity contribution is 9.09. The summed E-state index contributed by atoms with van der Waals surface area (Å²) >= 11 is 4.92. The van der Waals surface area contributed by atoms with E-state index in [0.717, 1.165) is 10.6 Å². The van der Waals surface area contributed by atoms with Gasteiger partial charge in [0.05, 0.1) is 15.7 Å². The molecule has 1 amide bonds. The Morgan fingerprint density at radius 2 is 1.86 bits per heavy atom. The first-order chi connectivity index (χ1) is 16.8. The highest BCUT2D eigenvalue weighted by Gasteiger charge is 2.55. The lowest BCUT2D eigenvalue weighted by atomic mass is 10.1. The number of β-lactam (4-membered cyclic amide) rings is 1. The van der Waals surface area contributed by atoms with Crippen LogP contribution in [0.2, 0.25) is 0 Å². The van der Waals surface area contributed by atoms with Crippen LogP contribution in [-0.4, -0.2) is 62.5 Å². The third-order valence-electron chi connectivity index (χ3n) is 5.64. The molecular weight excluding hydrogens is 536 g/mol. The number of halogens is 1. The topological polar surface area (TPSA) is 105 Å². The zero-order chi connectivity index (χ0) is 25.1. The molecule has 1 fully saturated rings. The van der Waals surface area contributed by atoms with Crippen molar-refractivity contribution in [2.24, 2.45) is 4.99 Å². The molecule has 2 aromatic carbocycles. The van der Waals surface area contributed by atoms with E-state index in [2.05, 4.69) is 20.9 Å². The molecular formula is C24H23BrN4O5S. The number of rotatable bonds is 9. The number of hydrogen-bond donors (Lipinski definition) is 0. The summed E-state index contributed by atoms with van der Waals surface area (Å²) in [5, 5.41) is 11.7. The maximum Gasteiger partial charge on any atom is 0.357 e. The highest BCUT2D eigenvalue weighted by atomic mass is 79.9. The molecule has 2 aliphatic heterocycles. The Hall–Kier alpha value is -3.18. The van der Waals surface area contributed by atoms with E-state index >= 15 is 0 Å². The van der Waals surface area contributed by atoms with Crippen LogP contribution in [0.25, 0.3) is 0 Å². The molecule has 2 unspecified atom stereocenters. The number of likely N-dealkylation sites (tertiary alicyclic amines) is 1. The average molecular weight is 559 g/mol. The van der Waals surface area contributed by atoms with E-state index in [4.69, 9.17) is 4.74 Å². The van der Waals surface area contributed by atoms with Gasteiger partial charge in [-0.2, -0.15) is 0 Å². The molecule has 0 spiro atoms. The van der Waals surface area contributed by atoms with Crippen molar-refractivity contribution in [2.75, 3.05) is 19.4 Å². The number of hydrogen-bond acceptors (Lipinski definition) is 8. The van der Waals surface area contributed by atoms with E-state index in [0.29, 0.717) is 23.0 Å². The SMILES string of the molecule is CN(C)C(CBr)=C(C(=O)OCc1ccc([N+](=O)[O-])cc1)N1C(=O)C2N=C(Cc3ccccc3)SC21. The lowest BCUT2D eigenvalue weighted by Gasteiger charge is -2.42. The maximum absolute atomic E-state index is 13.3. The van der Waals surface area contributed by atoms with Gasteiger partial charge in [0.1, 0.15) is 12.0 Å². The Morgan fingerprint density at radius 3 is 2.46 bits per heavy atom. The number of nitrogens with zero attached hydrogens (tertiary/aromatic N) is 4. The molecule has 2 atom stereocenters. The number of fused-ring (bicyclic) bond motifs is 1. The minimum absolute atomic E-state index is 0.0448. The van der Waals surface area contributed by atoms with Crippen molar-refractivity contribution in [3.05, 3.63) is 87.2 Å². The molecule has 0 bridgehead atoms. The van der Waals surface area contributed by atoms with Crippen LogP contribution in [0.5, 0.6) is 0 Å². The van der Waals surface area contributed by atoms with E-state index in [9.17, 15) is 19.7 Å². The second-order valence-corrected chi connectivity index (χ2v) is 9.92. The van der Waals surface area contributed by atoms with Gasteiger partial charge >= 0.3 is 5.97 Å². The van der Waals surface area contributed by atoms with E-state index in [1.165, 1.54) is 40.9 Å². The summed E-state index contributed by atoms with van der Waals surface area (Å²) < 4.78 is 5.54. The molecule has 0 N–H and O–H groups in total. The van der Waals surface area contributed by atoms with Crippen LogP contribution in [0.1, 0.15) is 11.1 Å². The first-order valence-electron chi connectivity index (χ1n) is 10.8. The Morgan fingerprint density at radius 1 is 1.17 bits per heavy atom. The zero-order valence-electron chi connectivity index (χ0n) is 19.1. The third kappa shape index (κ3) is 5.25. The van der Waals surface area contributed by atoms with Crippen LogP contribution < -0.4 is 0 Å². The van der Waals surface area contributed by atoms with Crippen LogP contribution in [0.15, 0.2) is 71.0 Å². The maximum atomic E-state index is 13.3. The van der Waals surface area contributed by atoms with Gasteiger partial charge in [-0.25, -0.2) is 4.79 Å². The molecule has 0 saturated carbocycles. The fourth-order valence-electron chi connectivity index (χ4n) is 3.79. The van der Waals surface area contributed by atoms with Gasteiger partial charge in [0.25, 0.3) is 11.6 Å². The van der Waals surface area contributed by atoms with Gasteiger partial charge in [-0.1, -0.05) is 58.0 Å². The number of esters is 1. The normalized spacial score (nSPS) is 19.3. The number of carbonyl (C=O) groups excluding carboxylic acids is 2. The third-order valence-corrected chi connectivity index (χ3v) is 7.41. The summed E-state index contributed by atoms with van der Waals surface area (Å²) in [7, 11) is 3.59. The van der Waals surface area contributed by atoms with Gasteiger partial charge in [0.15, 0.2) is 11.7 Å². The number of thioether (sulfide) groups is 1. The van der Waals surface area contributed by atoms with Crippen LogP contribution >= 0.6 is 27.7 Å². The minimum atomic E-state index is -0.643. The summed E-state index contributed by atoms with van der Waals surface area (Å²) in [4.78, 5) is 44.5. The average Bonchev–Trinajstić information content (AvgIpc) is 3.21. The highest BCUT2D eigenvalue weighted by Crippen LogP contribution is 2.43. The Balaban J connectivity index is 1.51. The van der Waals surface area contributed by atoms with Gasteiger partial charge in [0, 0.05) is 38.0 Å². The summed E-state index contributed by atoms with van der Waals surface area (Å²) in [6, 6.07) is 15.2. The first-order valence-corrected chi connectivity index (χ1v) is 12.8. The fraction of sp³-hybridized carbons (Fsp3) is 0.292. The fourth-order valence-corrected chi connectivity index (χ4v) is 5.88. The Labute approximate surface area is 215 Å². The summed E-state index contributed by atoms with van der Waals surface area (Å²) in [6.45, 7) is -0.0810. The standard InChI is InChI=1S/C24H23BrN4O5S/c1-27(2)18(13-25)21(24(31)34-14-16-8-10-17(11-9-16)29(32)33)28-22(30)20-23(28)35-19(26-20)12-15-6-4-3-5-7-15/h3-11,20,23H,12-14H2,1-2H3. The van der Waals surface area contributed by atoms with E-state index < -0.39 is 16.9 Å². The quantitative estimate of drug-likeness (QED) is 0.115. The van der Waals surface area contributed by atoms with E-state index in [1.54, 1.807) is 19.0 Å². The lowest BCUT2D eigenvalue weighted by molar-refractivity contribution is -0.384. The minimum Gasteiger partial charge on any atom is -0.456 e. The molecule has 0 aliphatic carbocycles. The van der Waals surface area contributed by atoms with Crippen molar-refractivity contribution in [3.63, 3.8) is 0 Å². The number of alkyl halides is 1. The number of aliphatic imine (C=N–C) groups is 1. The number of allylic oxidation sites excluding steroid dienone is 1. The lowest BCUT2D eigenvalue weighted by Crippen LogP contribution is -2.61. The zero-order valence-corrected chi connectivity index (χ0v) is 21.5. The van der Waals surface area contributed by atoms with Crippen molar-refractivity contribution in [1.29, 1.82) is 0 Å². The van der Waals surface area contributed by atoms with Gasteiger partial charge in [-0.15, -0.1) is 0 Å².